The summed E-state index contributed by atoms with van der Waals surface area (Å²) >= 11 is 0. The Balaban J connectivity index is 3.39. The number of ether oxygens (including phenoxy) is 1. The average Bonchev–Trinajstić information content (AvgIpc) is 2.16. The van der Waals surface area contributed by atoms with Crippen LogP contribution in [0.1, 0.15) is 33.1 Å². The van der Waals surface area contributed by atoms with Crippen LogP contribution >= 0.6 is 0 Å². The first kappa shape index (κ1) is 12.2. The molecule has 2 heteroatoms. The molecule has 0 spiro atoms. The van der Waals surface area contributed by atoms with E-state index in [4.69, 9.17) is 4.74 Å². The van der Waals surface area contributed by atoms with Crippen LogP contribution in [0.3, 0.4) is 0 Å². The molecule has 2 nitrogen and oxygen atoms in total. The van der Waals surface area contributed by atoms with Gasteiger partial charge in [-0.25, -0.2) is 0 Å². The normalized spacial score (nSPS) is 11.4. The lowest BCUT2D eigenvalue weighted by molar-refractivity contribution is 0.121. The zero-order chi connectivity index (χ0) is 9.94. The maximum Gasteiger partial charge on any atom is 0.116 e. The standard InChI is InChI=1S/C11H21NO/c1-4-7-9-13-10-12-11(6-3)8-5-2/h6,8,12H,3-5,7,9-10H2,1-2H3/b11-8+. The van der Waals surface area contributed by atoms with Crippen molar-refractivity contribution in [2.24, 2.45) is 0 Å². The van der Waals surface area contributed by atoms with Gasteiger partial charge in [-0.05, 0) is 18.9 Å². The van der Waals surface area contributed by atoms with Crippen molar-refractivity contribution in [1.82, 2.24) is 5.32 Å². The summed E-state index contributed by atoms with van der Waals surface area (Å²) in [5.74, 6) is 0. The van der Waals surface area contributed by atoms with E-state index < -0.39 is 0 Å². The Morgan fingerprint density at radius 2 is 2.23 bits per heavy atom. The predicted octanol–water partition coefficient (Wildman–Crippen LogP) is 2.83. The Kier molecular flexibility index (Phi) is 8.78. The summed E-state index contributed by atoms with van der Waals surface area (Å²) in [6.45, 7) is 9.38. The molecule has 0 amide bonds. The summed E-state index contributed by atoms with van der Waals surface area (Å²) in [5, 5.41) is 3.15. The van der Waals surface area contributed by atoms with Gasteiger partial charge in [0.25, 0.3) is 0 Å². The summed E-state index contributed by atoms with van der Waals surface area (Å²) in [4.78, 5) is 0. The summed E-state index contributed by atoms with van der Waals surface area (Å²) in [6, 6.07) is 0. The third-order valence-electron chi connectivity index (χ3n) is 1.66. The molecular formula is C11H21NO. The van der Waals surface area contributed by atoms with Gasteiger partial charge < -0.3 is 10.1 Å². The third kappa shape index (κ3) is 7.60. The van der Waals surface area contributed by atoms with Crippen LogP contribution < -0.4 is 5.32 Å². The van der Waals surface area contributed by atoms with Gasteiger partial charge >= 0.3 is 0 Å². The number of hydrogen-bond donors (Lipinski definition) is 1. The van der Waals surface area contributed by atoms with Gasteiger partial charge in [0.1, 0.15) is 6.73 Å². The second kappa shape index (κ2) is 9.33. The maximum atomic E-state index is 5.35. The molecule has 0 heterocycles. The first-order chi connectivity index (χ1) is 6.35. The molecule has 13 heavy (non-hydrogen) atoms. The van der Waals surface area contributed by atoms with Crippen molar-refractivity contribution in [3.63, 3.8) is 0 Å². The minimum absolute atomic E-state index is 0.581. The van der Waals surface area contributed by atoms with E-state index in [0.29, 0.717) is 6.73 Å². The lowest BCUT2D eigenvalue weighted by atomic mass is 10.3. The zero-order valence-electron chi connectivity index (χ0n) is 8.81. The van der Waals surface area contributed by atoms with Crippen LogP contribution in [0, 0.1) is 0 Å². The van der Waals surface area contributed by atoms with E-state index in [1.165, 1.54) is 6.42 Å². The van der Waals surface area contributed by atoms with Crippen LogP contribution in [0.5, 0.6) is 0 Å². The highest BCUT2D eigenvalue weighted by molar-refractivity contribution is 5.12. The smallest absolute Gasteiger partial charge is 0.116 e. The molecule has 0 aliphatic carbocycles. The Labute approximate surface area is 81.7 Å². The maximum absolute atomic E-state index is 5.35. The van der Waals surface area contributed by atoms with Gasteiger partial charge in [-0.1, -0.05) is 32.9 Å². The molecular weight excluding hydrogens is 162 g/mol. The minimum Gasteiger partial charge on any atom is -0.363 e. The number of hydrogen-bond acceptors (Lipinski definition) is 2. The van der Waals surface area contributed by atoms with Gasteiger partial charge in [-0.15, -0.1) is 0 Å². The van der Waals surface area contributed by atoms with E-state index in [0.717, 1.165) is 25.1 Å². The number of allylic oxidation sites excluding steroid dienone is 2. The lowest BCUT2D eigenvalue weighted by Gasteiger charge is -2.07. The van der Waals surface area contributed by atoms with E-state index in [1.54, 1.807) is 0 Å². The van der Waals surface area contributed by atoms with Crippen molar-refractivity contribution in [2.45, 2.75) is 33.1 Å². The van der Waals surface area contributed by atoms with Gasteiger partial charge in [0.05, 0.1) is 0 Å². The summed E-state index contributed by atoms with van der Waals surface area (Å²) < 4.78 is 5.35. The van der Waals surface area contributed by atoms with Crippen molar-refractivity contribution in [3.05, 3.63) is 24.4 Å². The molecule has 0 bridgehead atoms. The molecule has 0 aliphatic heterocycles. The molecule has 1 N–H and O–H groups in total. The highest BCUT2D eigenvalue weighted by atomic mass is 16.5. The summed E-state index contributed by atoms with van der Waals surface area (Å²) in [5.41, 5.74) is 1.05. The van der Waals surface area contributed by atoms with Crippen molar-refractivity contribution in [2.75, 3.05) is 13.3 Å². The van der Waals surface area contributed by atoms with Gasteiger partial charge in [-0.2, -0.15) is 0 Å². The number of unbranched alkanes of at least 4 members (excludes halogenated alkanes) is 1. The third-order valence-corrected chi connectivity index (χ3v) is 1.66. The summed E-state index contributed by atoms with van der Waals surface area (Å²) in [6.07, 6.45) is 7.23. The minimum atomic E-state index is 0.581. The largest absolute Gasteiger partial charge is 0.363 e. The average molecular weight is 183 g/mol. The van der Waals surface area contributed by atoms with E-state index in [1.807, 2.05) is 6.08 Å². The molecule has 0 saturated carbocycles. The van der Waals surface area contributed by atoms with Crippen LogP contribution in [-0.2, 0) is 4.74 Å². The lowest BCUT2D eigenvalue weighted by Crippen LogP contribution is -2.16. The van der Waals surface area contributed by atoms with Crippen molar-refractivity contribution < 1.29 is 4.74 Å². The van der Waals surface area contributed by atoms with Crippen LogP contribution in [-0.4, -0.2) is 13.3 Å². The van der Waals surface area contributed by atoms with Crippen LogP contribution in [0.4, 0.5) is 0 Å². The highest BCUT2D eigenvalue weighted by Crippen LogP contribution is 1.93. The van der Waals surface area contributed by atoms with Gasteiger partial charge in [0, 0.05) is 12.3 Å². The molecule has 0 saturated heterocycles. The predicted molar refractivity (Wildman–Crippen MR) is 57.4 cm³/mol. The first-order valence-electron chi connectivity index (χ1n) is 4.99. The molecule has 0 atom stereocenters. The van der Waals surface area contributed by atoms with E-state index in [2.05, 4.69) is 31.8 Å². The second-order valence-electron chi connectivity index (χ2n) is 2.85. The van der Waals surface area contributed by atoms with Gasteiger partial charge in [-0.3, -0.25) is 0 Å². The molecule has 76 valence electrons. The fourth-order valence-corrected chi connectivity index (χ4v) is 0.901. The molecule has 0 fully saturated rings. The molecule has 0 aromatic rings. The zero-order valence-corrected chi connectivity index (χ0v) is 8.81. The fourth-order valence-electron chi connectivity index (χ4n) is 0.901. The van der Waals surface area contributed by atoms with E-state index in [-0.39, 0.29) is 0 Å². The quantitative estimate of drug-likeness (QED) is 0.355. The Hall–Kier alpha value is -0.760. The van der Waals surface area contributed by atoms with Gasteiger partial charge in [0.15, 0.2) is 0 Å². The fraction of sp³-hybridized carbons (Fsp3) is 0.636. The second-order valence-corrected chi connectivity index (χ2v) is 2.85. The van der Waals surface area contributed by atoms with Crippen molar-refractivity contribution in [3.8, 4) is 0 Å². The SMILES string of the molecule is C=C/C(=C\CC)NCOCCCC. The van der Waals surface area contributed by atoms with Crippen molar-refractivity contribution in [1.29, 1.82) is 0 Å². The summed E-state index contributed by atoms with van der Waals surface area (Å²) in [7, 11) is 0. The van der Waals surface area contributed by atoms with Crippen LogP contribution in [0.2, 0.25) is 0 Å². The van der Waals surface area contributed by atoms with E-state index >= 15 is 0 Å². The molecule has 0 aliphatic rings. The Morgan fingerprint density at radius 3 is 2.77 bits per heavy atom. The topological polar surface area (TPSA) is 21.3 Å². The Morgan fingerprint density at radius 1 is 1.46 bits per heavy atom. The molecule has 0 aromatic heterocycles. The molecule has 0 unspecified atom stereocenters. The number of rotatable bonds is 8. The highest BCUT2D eigenvalue weighted by Gasteiger charge is 1.89. The molecule has 0 rings (SSSR count). The van der Waals surface area contributed by atoms with Crippen molar-refractivity contribution >= 4 is 0 Å². The monoisotopic (exact) mass is 183 g/mol. The van der Waals surface area contributed by atoms with E-state index in [9.17, 15) is 0 Å². The van der Waals surface area contributed by atoms with Crippen LogP contribution in [0.25, 0.3) is 0 Å². The molecule has 0 radical (unpaired) electrons. The van der Waals surface area contributed by atoms with Crippen LogP contribution in [0.15, 0.2) is 24.4 Å². The Bertz CT molecular complexity index is 152. The molecule has 0 aromatic carbocycles. The van der Waals surface area contributed by atoms with Gasteiger partial charge in [0.2, 0.25) is 0 Å². The first-order valence-corrected chi connectivity index (χ1v) is 4.99. The number of nitrogens with one attached hydrogen (secondary N) is 1.